The zero-order valence-electron chi connectivity index (χ0n) is 15.0. The van der Waals surface area contributed by atoms with Gasteiger partial charge in [0, 0.05) is 51.0 Å². The van der Waals surface area contributed by atoms with Crippen molar-refractivity contribution in [3.8, 4) is 0 Å². The maximum absolute atomic E-state index is 13.1. The molecular formula is C19H22FN7. The molecule has 2 aromatic heterocycles. The number of nitrogens with two attached hydrogens (primary N) is 1. The van der Waals surface area contributed by atoms with Gasteiger partial charge in [-0.25, -0.2) is 4.39 Å². The molecule has 0 atom stereocenters. The van der Waals surface area contributed by atoms with Crippen LogP contribution in [0.25, 0.3) is 5.65 Å². The minimum atomic E-state index is -0.214. The molecule has 3 heterocycles. The van der Waals surface area contributed by atoms with Crippen molar-refractivity contribution in [3.05, 3.63) is 60.3 Å². The number of fused-ring (bicyclic) bond motifs is 1. The molecule has 1 aliphatic rings. The van der Waals surface area contributed by atoms with Gasteiger partial charge in [-0.2, -0.15) is 0 Å². The van der Waals surface area contributed by atoms with E-state index in [-0.39, 0.29) is 5.82 Å². The fraction of sp³-hybridized carbons (Fsp3) is 0.316. The average molecular weight is 367 g/mol. The van der Waals surface area contributed by atoms with E-state index in [4.69, 9.17) is 5.73 Å². The molecule has 0 amide bonds. The van der Waals surface area contributed by atoms with Crippen LogP contribution in [0.1, 0.15) is 5.82 Å². The topological polar surface area (TPSA) is 75.0 Å². The number of benzene rings is 1. The Bertz CT molecular complexity index is 927. The van der Waals surface area contributed by atoms with E-state index in [0.29, 0.717) is 18.9 Å². The number of piperazine rings is 1. The highest BCUT2D eigenvalue weighted by Gasteiger charge is 2.18. The average Bonchev–Trinajstić information content (AvgIpc) is 3.12. The highest BCUT2D eigenvalue weighted by molar-refractivity contribution is 5.78. The van der Waals surface area contributed by atoms with Crippen LogP contribution < -0.4 is 10.6 Å². The molecule has 0 unspecified atom stereocenters. The molecule has 0 aliphatic carbocycles. The Labute approximate surface area is 156 Å². The maximum Gasteiger partial charge on any atom is 0.191 e. The Balaban J connectivity index is 1.31. The van der Waals surface area contributed by atoms with Gasteiger partial charge >= 0.3 is 0 Å². The SMILES string of the molecule is NC(=NCCc1nnc2ccccn12)N1CCN(c2ccc(F)cc2)CC1. The van der Waals surface area contributed by atoms with Crippen LogP contribution in [-0.4, -0.2) is 58.2 Å². The Hall–Kier alpha value is -3.16. The van der Waals surface area contributed by atoms with Crippen molar-refractivity contribution in [2.75, 3.05) is 37.6 Å². The molecule has 27 heavy (non-hydrogen) atoms. The Morgan fingerprint density at radius 3 is 2.59 bits per heavy atom. The molecule has 1 saturated heterocycles. The number of nitrogens with zero attached hydrogens (tertiary/aromatic N) is 6. The molecule has 1 aromatic carbocycles. The van der Waals surface area contributed by atoms with Crippen molar-refractivity contribution in [1.82, 2.24) is 19.5 Å². The Kier molecular flexibility index (Phi) is 4.86. The van der Waals surface area contributed by atoms with Crippen LogP contribution in [-0.2, 0) is 6.42 Å². The highest BCUT2D eigenvalue weighted by Crippen LogP contribution is 2.16. The minimum absolute atomic E-state index is 0.214. The summed E-state index contributed by atoms with van der Waals surface area (Å²) >= 11 is 0. The normalized spacial score (nSPS) is 15.5. The van der Waals surface area contributed by atoms with Crippen molar-refractivity contribution in [2.24, 2.45) is 10.7 Å². The molecule has 0 bridgehead atoms. The number of pyridine rings is 1. The second kappa shape index (κ2) is 7.61. The number of hydrogen-bond donors (Lipinski definition) is 1. The highest BCUT2D eigenvalue weighted by atomic mass is 19.1. The lowest BCUT2D eigenvalue weighted by atomic mass is 10.2. The second-order valence-corrected chi connectivity index (χ2v) is 6.49. The Morgan fingerprint density at radius 2 is 1.81 bits per heavy atom. The summed E-state index contributed by atoms with van der Waals surface area (Å²) in [4.78, 5) is 8.82. The predicted molar refractivity (Wildman–Crippen MR) is 103 cm³/mol. The first-order chi connectivity index (χ1) is 13.2. The van der Waals surface area contributed by atoms with E-state index in [1.54, 1.807) is 0 Å². The third kappa shape index (κ3) is 3.84. The van der Waals surface area contributed by atoms with E-state index in [1.807, 2.05) is 40.9 Å². The van der Waals surface area contributed by atoms with Gasteiger partial charge in [0.2, 0.25) is 0 Å². The van der Waals surface area contributed by atoms with Gasteiger partial charge in [0.05, 0.1) is 0 Å². The van der Waals surface area contributed by atoms with Crippen LogP contribution in [0.5, 0.6) is 0 Å². The lowest BCUT2D eigenvalue weighted by molar-refractivity contribution is 0.381. The predicted octanol–water partition coefficient (Wildman–Crippen LogP) is 1.55. The molecule has 3 aromatic rings. The van der Waals surface area contributed by atoms with Crippen molar-refractivity contribution < 1.29 is 4.39 Å². The number of guanidine groups is 1. The summed E-state index contributed by atoms with van der Waals surface area (Å²) in [5.74, 6) is 1.22. The smallest absolute Gasteiger partial charge is 0.191 e. The van der Waals surface area contributed by atoms with Crippen molar-refractivity contribution in [3.63, 3.8) is 0 Å². The van der Waals surface area contributed by atoms with Gasteiger partial charge in [-0.05, 0) is 36.4 Å². The molecule has 8 heteroatoms. The summed E-state index contributed by atoms with van der Waals surface area (Å²) in [5, 5.41) is 8.35. The maximum atomic E-state index is 13.1. The molecule has 0 radical (unpaired) electrons. The fourth-order valence-electron chi connectivity index (χ4n) is 3.28. The third-order valence-electron chi connectivity index (χ3n) is 4.79. The van der Waals surface area contributed by atoms with Crippen molar-refractivity contribution >= 4 is 17.3 Å². The minimum Gasteiger partial charge on any atom is -0.370 e. The van der Waals surface area contributed by atoms with Crippen LogP contribution in [0.2, 0.25) is 0 Å². The molecule has 0 spiro atoms. The quantitative estimate of drug-likeness (QED) is 0.559. The summed E-state index contributed by atoms with van der Waals surface area (Å²) < 4.78 is 15.0. The van der Waals surface area contributed by atoms with Gasteiger partial charge in [0.1, 0.15) is 11.6 Å². The van der Waals surface area contributed by atoms with Crippen molar-refractivity contribution in [2.45, 2.75) is 6.42 Å². The zero-order chi connectivity index (χ0) is 18.6. The summed E-state index contributed by atoms with van der Waals surface area (Å²) in [6.45, 7) is 3.81. The summed E-state index contributed by atoms with van der Waals surface area (Å²) in [7, 11) is 0. The molecule has 4 rings (SSSR count). The molecule has 2 N–H and O–H groups in total. The number of rotatable bonds is 4. The molecule has 1 fully saturated rings. The molecule has 7 nitrogen and oxygen atoms in total. The van der Waals surface area contributed by atoms with Crippen LogP contribution >= 0.6 is 0 Å². The summed E-state index contributed by atoms with van der Waals surface area (Å²) in [5.41, 5.74) is 8.04. The largest absolute Gasteiger partial charge is 0.370 e. The second-order valence-electron chi connectivity index (χ2n) is 6.49. The fourth-order valence-corrected chi connectivity index (χ4v) is 3.28. The van der Waals surface area contributed by atoms with Gasteiger partial charge in [0.15, 0.2) is 11.6 Å². The molecular weight excluding hydrogens is 345 g/mol. The first-order valence-electron chi connectivity index (χ1n) is 9.05. The van der Waals surface area contributed by atoms with Gasteiger partial charge < -0.3 is 15.5 Å². The van der Waals surface area contributed by atoms with Crippen LogP contribution in [0.4, 0.5) is 10.1 Å². The van der Waals surface area contributed by atoms with Gasteiger partial charge in [-0.1, -0.05) is 6.07 Å². The molecule has 0 saturated carbocycles. The van der Waals surface area contributed by atoms with Crippen molar-refractivity contribution in [1.29, 1.82) is 0 Å². The number of aliphatic imine (C=N–C) groups is 1. The van der Waals surface area contributed by atoms with E-state index < -0.39 is 0 Å². The van der Waals surface area contributed by atoms with Crippen LogP contribution in [0.15, 0.2) is 53.7 Å². The van der Waals surface area contributed by atoms with Crippen LogP contribution in [0, 0.1) is 5.82 Å². The number of hydrogen-bond acceptors (Lipinski definition) is 4. The van der Waals surface area contributed by atoms with E-state index in [2.05, 4.69) is 25.0 Å². The van der Waals surface area contributed by atoms with Gasteiger partial charge in [-0.3, -0.25) is 9.39 Å². The van der Waals surface area contributed by atoms with Gasteiger partial charge in [-0.15, -0.1) is 10.2 Å². The third-order valence-corrected chi connectivity index (χ3v) is 4.79. The van der Waals surface area contributed by atoms with E-state index in [0.717, 1.165) is 43.3 Å². The number of anilines is 1. The van der Waals surface area contributed by atoms with E-state index in [9.17, 15) is 4.39 Å². The molecule has 140 valence electrons. The summed E-state index contributed by atoms with van der Waals surface area (Å²) in [6, 6.07) is 12.4. The number of aromatic nitrogens is 3. The Morgan fingerprint density at radius 1 is 1.04 bits per heavy atom. The van der Waals surface area contributed by atoms with E-state index in [1.165, 1.54) is 12.1 Å². The first-order valence-corrected chi connectivity index (χ1v) is 9.05. The standard InChI is InChI=1S/C19H22FN7/c20-15-4-6-16(7-5-15)25-11-13-26(14-12-25)19(21)22-9-8-18-24-23-17-3-1-2-10-27(17)18/h1-7,10H,8-9,11-14H2,(H2,21,22). The van der Waals surface area contributed by atoms with Crippen LogP contribution in [0.3, 0.4) is 0 Å². The number of halogens is 1. The zero-order valence-corrected chi connectivity index (χ0v) is 15.0. The summed E-state index contributed by atoms with van der Waals surface area (Å²) in [6.07, 6.45) is 2.63. The lowest BCUT2D eigenvalue weighted by Crippen LogP contribution is -2.51. The monoisotopic (exact) mass is 367 g/mol. The first kappa shape index (κ1) is 17.3. The lowest BCUT2D eigenvalue weighted by Gasteiger charge is -2.36. The van der Waals surface area contributed by atoms with E-state index >= 15 is 0 Å². The molecule has 1 aliphatic heterocycles. The van der Waals surface area contributed by atoms with Gasteiger partial charge in [0.25, 0.3) is 0 Å².